The molecule has 0 N–H and O–H groups in total. The Balaban J connectivity index is 2.41. The van der Waals surface area contributed by atoms with E-state index in [4.69, 9.17) is 9.47 Å². The number of benzene rings is 1. The minimum absolute atomic E-state index is 0.102. The first-order chi connectivity index (χ1) is 7.96. The Morgan fingerprint density at radius 3 is 2.88 bits per heavy atom. The molecule has 1 aromatic carbocycles. The van der Waals surface area contributed by atoms with Crippen molar-refractivity contribution in [2.75, 3.05) is 7.11 Å². The topological polar surface area (TPSA) is 35.5 Å². The van der Waals surface area contributed by atoms with Gasteiger partial charge in [-0.15, -0.1) is 0 Å². The lowest BCUT2D eigenvalue weighted by Gasteiger charge is -2.38. The lowest BCUT2D eigenvalue weighted by molar-refractivity contribution is -0.0588. The summed E-state index contributed by atoms with van der Waals surface area (Å²) in [6, 6.07) is 5.47. The van der Waals surface area contributed by atoms with Gasteiger partial charge in [0.1, 0.15) is 11.4 Å². The fourth-order valence-electron chi connectivity index (χ4n) is 1.99. The summed E-state index contributed by atoms with van der Waals surface area (Å²) in [6.07, 6.45) is 0.204. The largest absolute Gasteiger partial charge is 0.484 e. The quantitative estimate of drug-likeness (QED) is 0.841. The molecule has 17 heavy (non-hydrogen) atoms. The summed E-state index contributed by atoms with van der Waals surface area (Å²) in [5.74, 6) is 0.729. The number of methoxy groups -OCH3 is 1. The maximum absolute atomic E-state index is 12.1. The van der Waals surface area contributed by atoms with E-state index < -0.39 is 5.60 Å². The summed E-state index contributed by atoms with van der Waals surface area (Å²) in [5.41, 5.74) is 0.0496. The van der Waals surface area contributed by atoms with Crippen LogP contribution in [0.2, 0.25) is 0 Å². The lowest BCUT2D eigenvalue weighted by Crippen LogP contribution is -2.48. The molecular formula is C13H15BrO3. The van der Waals surface area contributed by atoms with E-state index >= 15 is 0 Å². The third-order valence-electron chi connectivity index (χ3n) is 3.31. The molecule has 1 aliphatic heterocycles. The number of halogens is 1. The van der Waals surface area contributed by atoms with E-state index in [0.29, 0.717) is 17.7 Å². The van der Waals surface area contributed by atoms with Crippen LogP contribution in [0, 0.1) is 0 Å². The fraction of sp³-hybridized carbons (Fsp3) is 0.462. The van der Waals surface area contributed by atoms with Crippen molar-refractivity contribution in [1.29, 1.82) is 0 Å². The number of hydrogen-bond acceptors (Lipinski definition) is 3. The van der Waals surface area contributed by atoms with E-state index in [0.717, 1.165) is 4.47 Å². The molecule has 0 saturated carbocycles. The van der Waals surface area contributed by atoms with Crippen LogP contribution in [0.25, 0.3) is 0 Å². The van der Waals surface area contributed by atoms with Gasteiger partial charge in [-0.2, -0.15) is 0 Å². The number of hydrogen-bond donors (Lipinski definition) is 0. The fourth-order valence-corrected chi connectivity index (χ4v) is 2.33. The van der Waals surface area contributed by atoms with Crippen molar-refractivity contribution in [3.8, 4) is 5.75 Å². The van der Waals surface area contributed by atoms with Crippen molar-refractivity contribution >= 4 is 21.7 Å². The van der Waals surface area contributed by atoms with Crippen molar-refractivity contribution in [2.24, 2.45) is 0 Å². The van der Waals surface area contributed by atoms with E-state index in [9.17, 15) is 4.79 Å². The molecule has 1 aliphatic rings. The van der Waals surface area contributed by atoms with Crippen LogP contribution in [-0.2, 0) is 4.74 Å². The molecule has 0 aromatic heterocycles. The van der Waals surface area contributed by atoms with Crippen LogP contribution in [0.1, 0.15) is 30.6 Å². The van der Waals surface area contributed by atoms with Gasteiger partial charge < -0.3 is 9.47 Å². The number of ether oxygens (including phenoxy) is 2. The lowest BCUT2D eigenvalue weighted by atomic mass is 9.87. The smallest absolute Gasteiger partial charge is 0.170 e. The molecule has 0 radical (unpaired) electrons. The maximum Gasteiger partial charge on any atom is 0.170 e. The first-order valence-corrected chi connectivity index (χ1v) is 6.30. The summed E-state index contributed by atoms with van der Waals surface area (Å²) in [6.45, 7) is 3.82. The molecule has 2 unspecified atom stereocenters. The molecule has 0 spiro atoms. The summed E-state index contributed by atoms with van der Waals surface area (Å²) < 4.78 is 12.1. The Labute approximate surface area is 109 Å². The highest BCUT2D eigenvalue weighted by Gasteiger charge is 2.41. The highest BCUT2D eigenvalue weighted by Crippen LogP contribution is 2.37. The zero-order chi connectivity index (χ0) is 12.6. The van der Waals surface area contributed by atoms with Gasteiger partial charge in [-0.05, 0) is 32.0 Å². The summed E-state index contributed by atoms with van der Waals surface area (Å²) in [5, 5.41) is 0. The van der Waals surface area contributed by atoms with Crippen molar-refractivity contribution in [3.05, 3.63) is 28.2 Å². The van der Waals surface area contributed by atoms with Gasteiger partial charge in [0, 0.05) is 11.6 Å². The van der Waals surface area contributed by atoms with Crippen LogP contribution < -0.4 is 4.74 Å². The van der Waals surface area contributed by atoms with Gasteiger partial charge in [-0.25, -0.2) is 0 Å². The molecule has 0 aliphatic carbocycles. The molecule has 1 heterocycles. The highest BCUT2D eigenvalue weighted by molar-refractivity contribution is 9.10. The molecule has 92 valence electrons. The van der Waals surface area contributed by atoms with Gasteiger partial charge >= 0.3 is 0 Å². The average Bonchev–Trinajstić information content (AvgIpc) is 2.26. The Hall–Kier alpha value is -0.870. The number of carbonyl (C=O) groups is 1. The third-order valence-corrected chi connectivity index (χ3v) is 3.81. The molecule has 0 fully saturated rings. The Morgan fingerprint density at radius 1 is 1.53 bits per heavy atom. The van der Waals surface area contributed by atoms with E-state index in [-0.39, 0.29) is 11.9 Å². The zero-order valence-electron chi connectivity index (χ0n) is 10.1. The zero-order valence-corrected chi connectivity index (χ0v) is 11.7. The van der Waals surface area contributed by atoms with Crippen molar-refractivity contribution in [3.63, 3.8) is 0 Å². The summed E-state index contributed by atoms with van der Waals surface area (Å²) >= 11 is 3.38. The number of ketones is 1. The van der Waals surface area contributed by atoms with E-state index in [1.807, 2.05) is 26.0 Å². The van der Waals surface area contributed by atoms with Crippen LogP contribution in [0.15, 0.2) is 22.7 Å². The standard InChI is InChI=1S/C13H15BrO3/c1-8(16-3)13(2)7-11(15)10-5-4-9(14)6-12(10)17-13/h4-6,8H,7H2,1-3H3. The second kappa shape index (κ2) is 4.42. The Bertz CT molecular complexity index is 458. The molecular weight excluding hydrogens is 284 g/mol. The van der Waals surface area contributed by atoms with Crippen LogP contribution in [0.4, 0.5) is 0 Å². The molecule has 1 aromatic rings. The number of carbonyl (C=O) groups excluding carboxylic acids is 1. The molecule has 0 bridgehead atoms. The van der Waals surface area contributed by atoms with Crippen LogP contribution in [-0.4, -0.2) is 24.6 Å². The first kappa shape index (κ1) is 12.6. The predicted molar refractivity (Wildman–Crippen MR) is 68.6 cm³/mol. The molecule has 0 amide bonds. The minimum atomic E-state index is -0.598. The first-order valence-electron chi connectivity index (χ1n) is 5.51. The van der Waals surface area contributed by atoms with Gasteiger partial charge in [0.25, 0.3) is 0 Å². The van der Waals surface area contributed by atoms with Crippen molar-refractivity contribution in [1.82, 2.24) is 0 Å². The number of rotatable bonds is 2. The monoisotopic (exact) mass is 298 g/mol. The van der Waals surface area contributed by atoms with Gasteiger partial charge in [-0.3, -0.25) is 4.79 Å². The molecule has 4 heteroatoms. The van der Waals surface area contributed by atoms with Crippen LogP contribution >= 0.6 is 15.9 Å². The molecule has 2 rings (SSSR count). The molecule has 2 atom stereocenters. The number of Topliss-reactive ketones (excluding diaryl/α,β-unsaturated/α-hetero) is 1. The highest BCUT2D eigenvalue weighted by atomic mass is 79.9. The van der Waals surface area contributed by atoms with E-state index in [2.05, 4.69) is 15.9 Å². The van der Waals surface area contributed by atoms with Gasteiger partial charge in [0.2, 0.25) is 0 Å². The summed E-state index contributed by atoms with van der Waals surface area (Å²) in [7, 11) is 1.63. The Kier molecular flexibility index (Phi) is 3.27. The summed E-state index contributed by atoms with van der Waals surface area (Å²) in [4.78, 5) is 12.1. The minimum Gasteiger partial charge on any atom is -0.484 e. The van der Waals surface area contributed by atoms with Gasteiger partial charge in [0.05, 0.1) is 18.1 Å². The third kappa shape index (κ3) is 2.24. The predicted octanol–water partition coefficient (Wildman–Crippen LogP) is 3.21. The second-order valence-electron chi connectivity index (χ2n) is 4.53. The second-order valence-corrected chi connectivity index (χ2v) is 5.45. The van der Waals surface area contributed by atoms with Gasteiger partial charge in [0.15, 0.2) is 5.78 Å². The Morgan fingerprint density at radius 2 is 2.24 bits per heavy atom. The van der Waals surface area contributed by atoms with Crippen LogP contribution in [0.3, 0.4) is 0 Å². The van der Waals surface area contributed by atoms with E-state index in [1.165, 1.54) is 0 Å². The van der Waals surface area contributed by atoms with Crippen molar-refractivity contribution < 1.29 is 14.3 Å². The molecule has 0 saturated heterocycles. The van der Waals surface area contributed by atoms with E-state index in [1.54, 1.807) is 13.2 Å². The van der Waals surface area contributed by atoms with Crippen molar-refractivity contribution in [2.45, 2.75) is 32.0 Å². The van der Waals surface area contributed by atoms with Crippen LogP contribution in [0.5, 0.6) is 5.75 Å². The molecule has 3 nitrogen and oxygen atoms in total. The average molecular weight is 299 g/mol. The normalized spacial score (nSPS) is 25.1. The number of fused-ring (bicyclic) bond motifs is 1. The van der Waals surface area contributed by atoms with Gasteiger partial charge in [-0.1, -0.05) is 15.9 Å². The maximum atomic E-state index is 12.1. The SMILES string of the molecule is COC(C)C1(C)CC(=O)c2ccc(Br)cc2O1.